The summed E-state index contributed by atoms with van der Waals surface area (Å²) < 4.78 is 30.1. The summed E-state index contributed by atoms with van der Waals surface area (Å²) in [6.45, 7) is -0.558. The molecular weight excluding hydrogens is 386 g/mol. The minimum Gasteiger partial charge on any atom is -0.452 e. The topological polar surface area (TPSA) is 126 Å². The quantitative estimate of drug-likeness (QED) is 0.532. The number of nitriles is 1. The van der Waals surface area contributed by atoms with E-state index in [0.717, 1.165) is 25.3 Å². The molecule has 0 unspecified atom stereocenters. The molecule has 1 saturated carbocycles. The van der Waals surface area contributed by atoms with E-state index >= 15 is 0 Å². The van der Waals surface area contributed by atoms with E-state index in [-0.39, 0.29) is 10.5 Å². The molecule has 2 rings (SSSR count). The van der Waals surface area contributed by atoms with Crippen molar-refractivity contribution in [3.63, 3.8) is 0 Å². The highest BCUT2D eigenvalue weighted by molar-refractivity contribution is 7.89. The number of hydrogen-bond acceptors (Lipinski definition) is 7. The number of carbonyl (C=O) groups is 2. The van der Waals surface area contributed by atoms with Crippen LogP contribution >= 0.6 is 0 Å². The van der Waals surface area contributed by atoms with Gasteiger partial charge in [0.15, 0.2) is 6.61 Å². The molecule has 0 aromatic heterocycles. The Bertz CT molecular complexity index is 872. The fourth-order valence-electron chi connectivity index (χ4n) is 2.97. The van der Waals surface area contributed by atoms with Gasteiger partial charge in [-0.3, -0.25) is 9.63 Å². The normalized spacial score (nSPS) is 16.2. The molecule has 1 aromatic rings. The minimum atomic E-state index is -3.92. The van der Waals surface area contributed by atoms with Crippen LogP contribution in [0.2, 0.25) is 0 Å². The van der Waals surface area contributed by atoms with E-state index in [9.17, 15) is 23.3 Å². The lowest BCUT2D eigenvalue weighted by Gasteiger charge is -2.31. The van der Waals surface area contributed by atoms with Crippen LogP contribution < -0.4 is 5.32 Å². The number of carbonyl (C=O) groups excluding carboxylic acids is 2. The number of nitrogens with zero attached hydrogens (tertiary/aromatic N) is 2. The lowest BCUT2D eigenvalue weighted by atomic mass is 9.83. The maximum Gasteiger partial charge on any atom is 0.338 e. The number of nitrogens with one attached hydrogen (secondary N) is 1. The highest BCUT2D eigenvalue weighted by atomic mass is 32.2. The second-order valence-corrected chi connectivity index (χ2v) is 8.44. The molecule has 0 radical (unpaired) electrons. The largest absolute Gasteiger partial charge is 0.452 e. The van der Waals surface area contributed by atoms with Gasteiger partial charge in [0.25, 0.3) is 15.9 Å². The highest BCUT2D eigenvalue weighted by Gasteiger charge is 2.33. The average molecular weight is 409 g/mol. The van der Waals surface area contributed by atoms with Gasteiger partial charge in [-0.15, -0.1) is 0 Å². The Morgan fingerprint density at radius 1 is 1.29 bits per heavy atom. The number of benzene rings is 1. The molecule has 1 aliphatic rings. The SMILES string of the molecule is CON(C)S(=O)(=O)c1cccc(C(=O)OCC(=O)NC2(C#N)CCCCC2)c1. The van der Waals surface area contributed by atoms with Gasteiger partial charge in [-0.2, -0.15) is 5.26 Å². The summed E-state index contributed by atoms with van der Waals surface area (Å²) >= 11 is 0. The molecule has 1 fully saturated rings. The molecule has 0 saturated heterocycles. The van der Waals surface area contributed by atoms with Gasteiger partial charge < -0.3 is 10.1 Å². The monoisotopic (exact) mass is 409 g/mol. The van der Waals surface area contributed by atoms with Gasteiger partial charge >= 0.3 is 5.97 Å². The van der Waals surface area contributed by atoms with Crippen molar-refractivity contribution in [1.82, 2.24) is 9.79 Å². The Balaban J connectivity index is 2.01. The van der Waals surface area contributed by atoms with Crippen molar-refractivity contribution in [3.05, 3.63) is 29.8 Å². The fraction of sp³-hybridized carbons (Fsp3) is 0.500. The molecule has 0 heterocycles. The van der Waals surface area contributed by atoms with Gasteiger partial charge in [0, 0.05) is 7.05 Å². The van der Waals surface area contributed by atoms with Crippen LogP contribution in [0.15, 0.2) is 29.2 Å². The number of hydrogen-bond donors (Lipinski definition) is 1. The first-order chi connectivity index (χ1) is 13.2. The molecule has 0 spiro atoms. The molecule has 1 N–H and O–H groups in total. The first-order valence-electron chi connectivity index (χ1n) is 8.76. The maximum absolute atomic E-state index is 12.2. The maximum atomic E-state index is 12.2. The summed E-state index contributed by atoms with van der Waals surface area (Å²) in [5.74, 6) is -1.42. The molecular formula is C18H23N3O6S. The lowest BCUT2D eigenvalue weighted by molar-refractivity contribution is -0.125. The fourth-order valence-corrected chi connectivity index (χ4v) is 3.99. The molecule has 0 aliphatic heterocycles. The van der Waals surface area contributed by atoms with Crippen molar-refractivity contribution in [2.75, 3.05) is 20.8 Å². The van der Waals surface area contributed by atoms with Crippen LogP contribution in [-0.4, -0.2) is 51.1 Å². The Kier molecular flexibility index (Phi) is 7.12. The molecule has 0 bridgehead atoms. The van der Waals surface area contributed by atoms with Crippen molar-refractivity contribution in [3.8, 4) is 6.07 Å². The summed E-state index contributed by atoms with van der Waals surface area (Å²) in [6, 6.07) is 7.38. The molecule has 152 valence electrons. The average Bonchev–Trinajstić information content (AvgIpc) is 2.72. The summed E-state index contributed by atoms with van der Waals surface area (Å²) in [5, 5.41) is 12.0. The summed E-state index contributed by atoms with van der Waals surface area (Å²) in [5.41, 5.74) is -0.938. The smallest absolute Gasteiger partial charge is 0.338 e. The number of ether oxygens (including phenoxy) is 1. The number of esters is 1. The first-order valence-corrected chi connectivity index (χ1v) is 10.2. The third-order valence-corrected chi connectivity index (χ3v) is 6.27. The molecule has 9 nitrogen and oxygen atoms in total. The third kappa shape index (κ3) is 5.07. The second kappa shape index (κ2) is 9.14. The van der Waals surface area contributed by atoms with Crippen molar-refractivity contribution in [1.29, 1.82) is 5.26 Å². The number of sulfonamides is 1. The van der Waals surface area contributed by atoms with Crippen LogP contribution in [-0.2, 0) is 24.4 Å². The van der Waals surface area contributed by atoms with E-state index in [2.05, 4.69) is 11.4 Å². The third-order valence-electron chi connectivity index (χ3n) is 4.60. The standard InChI is InChI=1S/C18H23N3O6S/c1-21(26-2)28(24,25)15-8-6-7-14(11-15)17(23)27-12-16(22)20-18(13-19)9-4-3-5-10-18/h6-8,11H,3-5,9-10,12H2,1-2H3,(H,20,22). The van der Waals surface area contributed by atoms with Gasteiger partial charge in [-0.25, -0.2) is 13.2 Å². The number of rotatable bonds is 7. The van der Waals surface area contributed by atoms with Gasteiger partial charge in [-0.05, 0) is 31.0 Å². The Morgan fingerprint density at radius 3 is 2.57 bits per heavy atom. The Morgan fingerprint density at radius 2 is 1.96 bits per heavy atom. The highest BCUT2D eigenvalue weighted by Crippen LogP contribution is 2.27. The van der Waals surface area contributed by atoms with Crippen LogP contribution in [0, 0.1) is 11.3 Å². The van der Waals surface area contributed by atoms with E-state index in [0.29, 0.717) is 17.3 Å². The zero-order chi connectivity index (χ0) is 20.8. The lowest BCUT2D eigenvalue weighted by Crippen LogP contribution is -2.50. The van der Waals surface area contributed by atoms with Crippen molar-refractivity contribution < 1.29 is 27.6 Å². The van der Waals surface area contributed by atoms with Crippen molar-refractivity contribution in [2.45, 2.75) is 42.5 Å². The summed E-state index contributed by atoms with van der Waals surface area (Å²) in [4.78, 5) is 28.8. The zero-order valence-electron chi connectivity index (χ0n) is 15.8. The first kappa shape index (κ1) is 21.8. The molecule has 28 heavy (non-hydrogen) atoms. The molecule has 1 amide bonds. The van der Waals surface area contributed by atoms with Crippen molar-refractivity contribution >= 4 is 21.9 Å². The Hall–Kier alpha value is -2.48. The van der Waals surface area contributed by atoms with Crippen LogP contribution in [0.3, 0.4) is 0 Å². The summed E-state index contributed by atoms with van der Waals surface area (Å²) in [6.07, 6.45) is 3.85. The molecule has 0 atom stereocenters. The van der Waals surface area contributed by atoms with Gasteiger partial charge in [-0.1, -0.05) is 29.8 Å². The predicted molar refractivity (Wildman–Crippen MR) is 98.3 cm³/mol. The van der Waals surface area contributed by atoms with Crippen LogP contribution in [0.5, 0.6) is 0 Å². The second-order valence-electron chi connectivity index (χ2n) is 6.50. The zero-order valence-corrected chi connectivity index (χ0v) is 16.6. The Labute approximate surface area is 164 Å². The molecule has 1 aliphatic carbocycles. The van der Waals surface area contributed by atoms with E-state index in [1.807, 2.05) is 0 Å². The van der Waals surface area contributed by atoms with Gasteiger partial charge in [0.2, 0.25) is 0 Å². The number of amides is 1. The van der Waals surface area contributed by atoms with Gasteiger partial charge in [0.05, 0.1) is 23.6 Å². The van der Waals surface area contributed by atoms with E-state index in [1.54, 1.807) is 0 Å². The van der Waals surface area contributed by atoms with Gasteiger partial charge in [0.1, 0.15) is 5.54 Å². The van der Waals surface area contributed by atoms with E-state index in [1.165, 1.54) is 32.4 Å². The van der Waals surface area contributed by atoms with E-state index < -0.39 is 34.0 Å². The van der Waals surface area contributed by atoms with Crippen LogP contribution in [0.1, 0.15) is 42.5 Å². The molecule has 10 heteroatoms. The predicted octanol–water partition coefficient (Wildman–Crippen LogP) is 1.37. The van der Waals surface area contributed by atoms with Crippen LogP contribution in [0.4, 0.5) is 0 Å². The minimum absolute atomic E-state index is 0.0222. The van der Waals surface area contributed by atoms with E-state index in [4.69, 9.17) is 9.57 Å². The number of hydroxylamine groups is 1. The molecule has 1 aromatic carbocycles. The van der Waals surface area contributed by atoms with Crippen LogP contribution in [0.25, 0.3) is 0 Å². The van der Waals surface area contributed by atoms with Crippen molar-refractivity contribution in [2.24, 2.45) is 0 Å². The summed E-state index contributed by atoms with van der Waals surface area (Å²) in [7, 11) is -1.49.